The molecule has 4 nitrogen and oxygen atoms in total. The van der Waals surface area contributed by atoms with Crippen LogP contribution in [0.2, 0.25) is 5.02 Å². The maximum Gasteiger partial charge on any atom is 0.201 e. The van der Waals surface area contributed by atoms with Crippen LogP contribution in [0.4, 0.5) is 0 Å². The molecule has 0 aliphatic heterocycles. The highest BCUT2D eigenvalue weighted by molar-refractivity contribution is 6.35. The van der Waals surface area contributed by atoms with Crippen LogP contribution < -0.4 is 0 Å². The van der Waals surface area contributed by atoms with Crippen molar-refractivity contribution < 1.29 is 20.1 Å². The van der Waals surface area contributed by atoms with Gasteiger partial charge in [-0.1, -0.05) is 49.2 Å². The maximum absolute atomic E-state index is 12.4. The topological polar surface area (TPSA) is 77.8 Å². The first-order chi connectivity index (χ1) is 9.95. The number of ketones is 1. The van der Waals surface area contributed by atoms with Crippen LogP contribution in [0.15, 0.2) is 30.3 Å². The molecule has 0 radical (unpaired) electrons. The number of rotatable bonds is 4. The third kappa shape index (κ3) is 2.95. The van der Waals surface area contributed by atoms with Gasteiger partial charge in [0.1, 0.15) is 0 Å². The summed E-state index contributed by atoms with van der Waals surface area (Å²) >= 11 is 5.88. The van der Waals surface area contributed by atoms with E-state index >= 15 is 0 Å². The SMILES string of the molecule is CCCc1ccc(C(=O)c2c(Cl)cc(O)c(O)c2O)cc1. The van der Waals surface area contributed by atoms with Gasteiger partial charge in [0, 0.05) is 11.6 Å². The quantitative estimate of drug-likeness (QED) is 0.595. The first-order valence-corrected chi connectivity index (χ1v) is 6.90. The lowest BCUT2D eigenvalue weighted by molar-refractivity contribution is 0.103. The van der Waals surface area contributed by atoms with E-state index in [9.17, 15) is 20.1 Å². The Kier molecular flexibility index (Phi) is 4.38. The minimum absolute atomic E-state index is 0.120. The Labute approximate surface area is 127 Å². The lowest BCUT2D eigenvalue weighted by Gasteiger charge is -2.09. The van der Waals surface area contributed by atoms with Crippen molar-refractivity contribution in [1.29, 1.82) is 0 Å². The van der Waals surface area contributed by atoms with Crippen LogP contribution in [0.5, 0.6) is 17.2 Å². The smallest absolute Gasteiger partial charge is 0.201 e. The van der Waals surface area contributed by atoms with E-state index in [1.165, 1.54) is 0 Å². The average Bonchev–Trinajstić information content (AvgIpc) is 2.46. The predicted octanol–water partition coefficient (Wildman–Crippen LogP) is 3.64. The van der Waals surface area contributed by atoms with E-state index in [1.54, 1.807) is 12.1 Å². The van der Waals surface area contributed by atoms with Crippen molar-refractivity contribution in [2.45, 2.75) is 19.8 Å². The van der Waals surface area contributed by atoms with Crippen LogP contribution in [-0.2, 0) is 6.42 Å². The summed E-state index contributed by atoms with van der Waals surface area (Å²) in [5.41, 5.74) is 1.23. The summed E-state index contributed by atoms with van der Waals surface area (Å²) in [7, 11) is 0. The molecule has 0 fully saturated rings. The van der Waals surface area contributed by atoms with Crippen molar-refractivity contribution >= 4 is 17.4 Å². The van der Waals surface area contributed by atoms with Crippen molar-refractivity contribution in [2.24, 2.45) is 0 Å². The molecule has 0 bridgehead atoms. The van der Waals surface area contributed by atoms with Crippen LogP contribution in [0.25, 0.3) is 0 Å². The molecule has 2 aromatic rings. The molecule has 2 rings (SSSR count). The van der Waals surface area contributed by atoms with Gasteiger partial charge in [-0.25, -0.2) is 0 Å². The molecule has 0 spiro atoms. The van der Waals surface area contributed by atoms with E-state index in [1.807, 2.05) is 12.1 Å². The van der Waals surface area contributed by atoms with Gasteiger partial charge in [-0.05, 0) is 12.0 Å². The van der Waals surface area contributed by atoms with Crippen molar-refractivity contribution in [1.82, 2.24) is 0 Å². The molecule has 5 heteroatoms. The second kappa shape index (κ2) is 6.06. The third-order valence-corrected chi connectivity index (χ3v) is 3.49. The van der Waals surface area contributed by atoms with Gasteiger partial charge >= 0.3 is 0 Å². The normalized spacial score (nSPS) is 10.6. The van der Waals surface area contributed by atoms with Crippen molar-refractivity contribution in [3.8, 4) is 17.2 Å². The zero-order valence-corrected chi connectivity index (χ0v) is 12.2. The number of benzene rings is 2. The summed E-state index contributed by atoms with van der Waals surface area (Å²) in [6.07, 6.45) is 1.92. The summed E-state index contributed by atoms with van der Waals surface area (Å²) < 4.78 is 0. The molecule has 0 heterocycles. The van der Waals surface area contributed by atoms with Crippen molar-refractivity contribution in [3.05, 3.63) is 52.0 Å². The largest absolute Gasteiger partial charge is 0.504 e. The molecular weight excluding hydrogens is 292 g/mol. The van der Waals surface area contributed by atoms with Gasteiger partial charge in [0.15, 0.2) is 17.3 Å². The van der Waals surface area contributed by atoms with Gasteiger partial charge in [0.05, 0.1) is 10.6 Å². The Bertz CT molecular complexity index is 678. The number of aryl methyl sites for hydroxylation is 1. The van der Waals surface area contributed by atoms with E-state index in [0.29, 0.717) is 5.56 Å². The zero-order chi connectivity index (χ0) is 15.6. The van der Waals surface area contributed by atoms with Crippen LogP contribution in [0.3, 0.4) is 0 Å². The number of aromatic hydroxyl groups is 3. The van der Waals surface area contributed by atoms with Gasteiger partial charge in [0.25, 0.3) is 0 Å². The monoisotopic (exact) mass is 306 g/mol. The van der Waals surface area contributed by atoms with E-state index in [-0.39, 0.29) is 10.6 Å². The Balaban J connectivity index is 2.43. The summed E-state index contributed by atoms with van der Waals surface area (Å²) in [5, 5.41) is 28.6. The lowest BCUT2D eigenvalue weighted by Crippen LogP contribution is -2.03. The Morgan fingerprint density at radius 3 is 2.29 bits per heavy atom. The Morgan fingerprint density at radius 1 is 1.10 bits per heavy atom. The van der Waals surface area contributed by atoms with Gasteiger partial charge < -0.3 is 15.3 Å². The fraction of sp³-hybridized carbons (Fsp3) is 0.188. The van der Waals surface area contributed by atoms with E-state index in [2.05, 4.69) is 6.92 Å². The van der Waals surface area contributed by atoms with E-state index in [4.69, 9.17) is 11.6 Å². The molecule has 0 aliphatic rings. The van der Waals surface area contributed by atoms with Crippen molar-refractivity contribution in [3.63, 3.8) is 0 Å². The molecule has 0 saturated carbocycles. The molecule has 0 saturated heterocycles. The highest BCUT2D eigenvalue weighted by atomic mass is 35.5. The summed E-state index contributed by atoms with van der Waals surface area (Å²) in [6, 6.07) is 7.99. The van der Waals surface area contributed by atoms with Crippen LogP contribution in [-0.4, -0.2) is 21.1 Å². The molecule has 0 atom stereocenters. The number of halogens is 1. The Hall–Kier alpha value is -2.20. The summed E-state index contributed by atoms with van der Waals surface area (Å²) in [6.45, 7) is 2.07. The summed E-state index contributed by atoms with van der Waals surface area (Å²) in [5.74, 6) is -2.57. The summed E-state index contributed by atoms with van der Waals surface area (Å²) in [4.78, 5) is 12.4. The molecule has 3 N–H and O–H groups in total. The Morgan fingerprint density at radius 2 is 1.71 bits per heavy atom. The first kappa shape index (κ1) is 15.2. The van der Waals surface area contributed by atoms with Gasteiger partial charge in [-0.3, -0.25) is 4.79 Å². The second-order valence-corrected chi connectivity index (χ2v) is 5.13. The minimum Gasteiger partial charge on any atom is -0.504 e. The molecule has 110 valence electrons. The van der Waals surface area contributed by atoms with Gasteiger partial charge in [-0.15, -0.1) is 0 Å². The highest BCUT2D eigenvalue weighted by Crippen LogP contribution is 2.42. The third-order valence-electron chi connectivity index (χ3n) is 3.19. The minimum atomic E-state index is -0.759. The van der Waals surface area contributed by atoms with Gasteiger partial charge in [0.2, 0.25) is 5.75 Å². The number of phenolic OH excluding ortho intramolecular Hbond substituents is 3. The predicted molar refractivity (Wildman–Crippen MR) is 80.3 cm³/mol. The van der Waals surface area contributed by atoms with Gasteiger partial charge in [-0.2, -0.15) is 0 Å². The van der Waals surface area contributed by atoms with Crippen LogP contribution in [0.1, 0.15) is 34.8 Å². The second-order valence-electron chi connectivity index (χ2n) is 4.73. The molecule has 21 heavy (non-hydrogen) atoms. The number of hydrogen-bond donors (Lipinski definition) is 3. The lowest BCUT2D eigenvalue weighted by atomic mass is 9.99. The maximum atomic E-state index is 12.4. The fourth-order valence-corrected chi connectivity index (χ4v) is 2.36. The number of hydrogen-bond acceptors (Lipinski definition) is 4. The molecule has 0 unspecified atom stereocenters. The molecule has 0 amide bonds. The van der Waals surface area contributed by atoms with E-state index < -0.39 is 23.0 Å². The standard InChI is InChI=1S/C16H15ClO4/c1-2-3-9-4-6-10(7-5-9)14(19)13-11(17)8-12(18)15(20)16(13)21/h4-8,18,20-21H,2-3H2,1H3. The number of phenols is 3. The van der Waals surface area contributed by atoms with Crippen LogP contribution in [0, 0.1) is 0 Å². The number of carbonyl (C=O) groups is 1. The molecular formula is C16H15ClO4. The molecule has 2 aromatic carbocycles. The molecule has 0 aromatic heterocycles. The van der Waals surface area contributed by atoms with Crippen molar-refractivity contribution in [2.75, 3.05) is 0 Å². The first-order valence-electron chi connectivity index (χ1n) is 6.52. The number of carbonyl (C=O) groups excluding carboxylic acids is 1. The molecule has 0 aliphatic carbocycles. The highest BCUT2D eigenvalue weighted by Gasteiger charge is 2.22. The van der Waals surface area contributed by atoms with E-state index in [0.717, 1.165) is 24.5 Å². The zero-order valence-electron chi connectivity index (χ0n) is 11.4. The van der Waals surface area contributed by atoms with Crippen LogP contribution >= 0.6 is 11.6 Å². The fourth-order valence-electron chi connectivity index (χ4n) is 2.09. The average molecular weight is 307 g/mol.